The molecule has 14 heavy (non-hydrogen) atoms. The van der Waals surface area contributed by atoms with Crippen LogP contribution in [0.1, 0.15) is 24.3 Å². The minimum absolute atomic E-state index is 0.219. The molecule has 1 aromatic carbocycles. The van der Waals surface area contributed by atoms with Gasteiger partial charge in [-0.2, -0.15) is 0 Å². The Kier molecular flexibility index (Phi) is 2.69. The van der Waals surface area contributed by atoms with Gasteiger partial charge >= 0.3 is 0 Å². The van der Waals surface area contributed by atoms with Crippen LogP contribution in [0.5, 0.6) is 0 Å². The zero-order valence-corrected chi connectivity index (χ0v) is 8.50. The van der Waals surface area contributed by atoms with Crippen LogP contribution in [0.2, 0.25) is 5.02 Å². The van der Waals surface area contributed by atoms with Gasteiger partial charge in [0.15, 0.2) is 5.78 Å². The summed E-state index contributed by atoms with van der Waals surface area (Å²) in [6, 6.07) is 7.75. The van der Waals surface area contributed by atoms with Crippen LogP contribution in [0, 0.1) is 0 Å². The highest BCUT2D eigenvalue weighted by atomic mass is 35.5. The molecule has 1 aliphatic rings. The Labute approximate surface area is 88.4 Å². The van der Waals surface area contributed by atoms with Gasteiger partial charge in [0.2, 0.25) is 0 Å². The topological polar surface area (TPSA) is 17.1 Å². The third-order valence-electron chi connectivity index (χ3n) is 2.51. The van der Waals surface area contributed by atoms with Crippen molar-refractivity contribution in [3.63, 3.8) is 0 Å². The number of allylic oxidation sites excluding steroid dienone is 2. The second kappa shape index (κ2) is 3.97. The predicted molar refractivity (Wildman–Crippen MR) is 57.6 cm³/mol. The highest BCUT2D eigenvalue weighted by Crippen LogP contribution is 2.28. The van der Waals surface area contributed by atoms with E-state index in [-0.39, 0.29) is 5.78 Å². The molecule has 2 rings (SSSR count). The molecule has 1 aliphatic carbocycles. The van der Waals surface area contributed by atoms with E-state index in [9.17, 15) is 4.79 Å². The number of rotatable bonds is 1. The molecule has 72 valence electrons. The predicted octanol–water partition coefficient (Wildman–Crippen LogP) is 3.34. The lowest BCUT2D eigenvalue weighted by molar-refractivity contribution is -0.115. The van der Waals surface area contributed by atoms with Crippen LogP contribution in [-0.4, -0.2) is 5.78 Å². The number of hydrogen-bond acceptors (Lipinski definition) is 1. The second-order valence-corrected chi connectivity index (χ2v) is 3.99. The monoisotopic (exact) mass is 206 g/mol. The maximum atomic E-state index is 11.2. The Morgan fingerprint density at radius 1 is 1.21 bits per heavy atom. The molecule has 0 heterocycles. The fraction of sp³-hybridized carbons (Fsp3) is 0.250. The molecule has 0 bridgehead atoms. The van der Waals surface area contributed by atoms with Gasteiger partial charge in [-0.25, -0.2) is 0 Å². The third-order valence-corrected chi connectivity index (χ3v) is 2.77. The van der Waals surface area contributed by atoms with Gasteiger partial charge in [0.25, 0.3) is 0 Å². The molecule has 2 heteroatoms. The highest BCUT2D eigenvalue weighted by molar-refractivity contribution is 6.30. The Morgan fingerprint density at radius 3 is 2.57 bits per heavy atom. The first kappa shape index (κ1) is 9.47. The molecule has 0 spiro atoms. The van der Waals surface area contributed by atoms with Gasteiger partial charge in [-0.05, 0) is 36.1 Å². The van der Waals surface area contributed by atoms with E-state index in [1.165, 1.54) is 5.56 Å². The Bertz CT molecular complexity index is 364. The van der Waals surface area contributed by atoms with E-state index in [2.05, 4.69) is 0 Å². The quantitative estimate of drug-likeness (QED) is 0.689. The Morgan fingerprint density at radius 2 is 1.93 bits per heavy atom. The smallest absolute Gasteiger partial charge is 0.155 e. The van der Waals surface area contributed by atoms with Crippen LogP contribution < -0.4 is 0 Å². The zero-order chi connectivity index (χ0) is 9.97. The second-order valence-electron chi connectivity index (χ2n) is 3.56. The highest BCUT2D eigenvalue weighted by Gasteiger charge is 2.16. The SMILES string of the molecule is O=C1C=CCC(c2ccc(Cl)cc2)C1. The van der Waals surface area contributed by atoms with Crippen LogP contribution in [-0.2, 0) is 4.79 Å². The van der Waals surface area contributed by atoms with Gasteiger partial charge in [-0.1, -0.05) is 29.8 Å². The lowest BCUT2D eigenvalue weighted by Gasteiger charge is -2.17. The Balaban J connectivity index is 2.19. The van der Waals surface area contributed by atoms with Crippen LogP contribution >= 0.6 is 11.6 Å². The lowest BCUT2D eigenvalue weighted by atomic mass is 9.87. The molecule has 0 N–H and O–H groups in total. The number of halogens is 1. The fourth-order valence-electron chi connectivity index (χ4n) is 1.75. The third kappa shape index (κ3) is 2.05. The zero-order valence-electron chi connectivity index (χ0n) is 7.74. The van der Waals surface area contributed by atoms with Crippen molar-refractivity contribution in [2.75, 3.05) is 0 Å². The van der Waals surface area contributed by atoms with E-state index in [0.29, 0.717) is 12.3 Å². The average molecular weight is 207 g/mol. The maximum absolute atomic E-state index is 11.2. The van der Waals surface area contributed by atoms with Crippen molar-refractivity contribution < 1.29 is 4.79 Å². The molecule has 0 aromatic heterocycles. The molecule has 0 radical (unpaired) electrons. The van der Waals surface area contributed by atoms with E-state index in [1.807, 2.05) is 30.3 Å². The molecule has 1 unspecified atom stereocenters. The molecular formula is C12H11ClO. The summed E-state index contributed by atoms with van der Waals surface area (Å²) in [6.07, 6.45) is 5.20. The van der Waals surface area contributed by atoms with Crippen molar-refractivity contribution in [1.82, 2.24) is 0 Å². The molecule has 0 saturated heterocycles. The van der Waals surface area contributed by atoms with Gasteiger partial charge < -0.3 is 0 Å². The van der Waals surface area contributed by atoms with E-state index >= 15 is 0 Å². The summed E-state index contributed by atoms with van der Waals surface area (Å²) >= 11 is 5.80. The number of hydrogen-bond donors (Lipinski definition) is 0. The molecule has 0 amide bonds. The number of carbonyl (C=O) groups excluding carboxylic acids is 1. The summed E-state index contributed by atoms with van der Waals surface area (Å²) in [5.74, 6) is 0.556. The molecule has 0 aliphatic heterocycles. The van der Waals surface area contributed by atoms with Crippen LogP contribution in [0.3, 0.4) is 0 Å². The minimum Gasteiger partial charge on any atom is -0.295 e. The normalized spacial score (nSPS) is 21.2. The van der Waals surface area contributed by atoms with Crippen LogP contribution in [0.15, 0.2) is 36.4 Å². The summed E-state index contributed by atoms with van der Waals surface area (Å²) in [6.45, 7) is 0. The van der Waals surface area contributed by atoms with Crippen molar-refractivity contribution in [1.29, 1.82) is 0 Å². The van der Waals surface area contributed by atoms with E-state index < -0.39 is 0 Å². The average Bonchev–Trinajstić information content (AvgIpc) is 2.19. The van der Waals surface area contributed by atoms with Gasteiger partial charge in [-0.15, -0.1) is 0 Å². The van der Waals surface area contributed by atoms with Crippen molar-refractivity contribution >= 4 is 17.4 Å². The first-order chi connectivity index (χ1) is 6.75. The van der Waals surface area contributed by atoms with E-state index in [4.69, 9.17) is 11.6 Å². The first-order valence-electron chi connectivity index (χ1n) is 4.70. The number of ketones is 1. The van der Waals surface area contributed by atoms with Crippen LogP contribution in [0.4, 0.5) is 0 Å². The van der Waals surface area contributed by atoms with Crippen molar-refractivity contribution in [2.24, 2.45) is 0 Å². The molecule has 1 nitrogen and oxygen atoms in total. The van der Waals surface area contributed by atoms with Crippen molar-refractivity contribution in [2.45, 2.75) is 18.8 Å². The lowest BCUT2D eigenvalue weighted by Crippen LogP contribution is -2.08. The van der Waals surface area contributed by atoms with Crippen molar-refractivity contribution in [3.8, 4) is 0 Å². The maximum Gasteiger partial charge on any atom is 0.155 e. The summed E-state index contributed by atoms with van der Waals surface area (Å²) < 4.78 is 0. The number of carbonyl (C=O) groups is 1. The largest absolute Gasteiger partial charge is 0.295 e. The minimum atomic E-state index is 0.219. The summed E-state index contributed by atoms with van der Waals surface area (Å²) in [5, 5.41) is 0.742. The van der Waals surface area contributed by atoms with Gasteiger partial charge in [-0.3, -0.25) is 4.79 Å². The summed E-state index contributed by atoms with van der Waals surface area (Å²) in [7, 11) is 0. The van der Waals surface area contributed by atoms with Crippen LogP contribution in [0.25, 0.3) is 0 Å². The van der Waals surface area contributed by atoms with E-state index in [1.54, 1.807) is 6.08 Å². The standard InChI is InChI=1S/C12H11ClO/c13-11-6-4-9(5-7-11)10-2-1-3-12(14)8-10/h1,3-7,10H,2,8H2. The molecular weight excluding hydrogens is 196 g/mol. The number of benzene rings is 1. The van der Waals surface area contributed by atoms with Crippen molar-refractivity contribution in [3.05, 3.63) is 47.0 Å². The van der Waals surface area contributed by atoms with Gasteiger partial charge in [0.1, 0.15) is 0 Å². The van der Waals surface area contributed by atoms with Gasteiger partial charge in [0, 0.05) is 11.4 Å². The molecule has 0 saturated carbocycles. The molecule has 1 aromatic rings. The molecule has 1 atom stereocenters. The van der Waals surface area contributed by atoms with E-state index in [0.717, 1.165) is 11.4 Å². The summed E-state index contributed by atoms with van der Waals surface area (Å²) in [5.41, 5.74) is 1.20. The summed E-state index contributed by atoms with van der Waals surface area (Å²) in [4.78, 5) is 11.2. The van der Waals surface area contributed by atoms with Gasteiger partial charge in [0.05, 0.1) is 0 Å². The molecule has 0 fully saturated rings. The fourth-order valence-corrected chi connectivity index (χ4v) is 1.87. The first-order valence-corrected chi connectivity index (χ1v) is 5.08. The Hall–Kier alpha value is -1.08.